The van der Waals surface area contributed by atoms with Gasteiger partial charge in [0.25, 0.3) is 0 Å². The first-order valence-corrected chi connectivity index (χ1v) is 23.2. The number of benzene rings is 1. The Balaban J connectivity index is 1.58. The van der Waals surface area contributed by atoms with Gasteiger partial charge in [0.15, 0.2) is 0 Å². The summed E-state index contributed by atoms with van der Waals surface area (Å²) in [5.74, 6) is 1.89. The Bertz CT molecular complexity index is 1010. The van der Waals surface area contributed by atoms with Gasteiger partial charge in [0.05, 0.1) is 0 Å². The summed E-state index contributed by atoms with van der Waals surface area (Å²) in [4.78, 5) is 2.84. The van der Waals surface area contributed by atoms with Gasteiger partial charge >= 0.3 is 234 Å². The second-order valence-corrected chi connectivity index (χ2v) is 22.5. The molecule has 5 aliphatic rings. The van der Waals surface area contributed by atoms with E-state index in [0.717, 1.165) is 37.5 Å². The molecule has 6 atom stereocenters. The van der Waals surface area contributed by atoms with Crippen LogP contribution in [0.2, 0.25) is 0 Å². The Morgan fingerprint density at radius 1 is 1.29 bits per heavy atom. The average Bonchev–Trinajstić information content (AvgIpc) is 3.53. The van der Waals surface area contributed by atoms with Gasteiger partial charge in [0.1, 0.15) is 0 Å². The number of ether oxygens (including phenoxy) is 1. The van der Waals surface area contributed by atoms with Crippen molar-refractivity contribution in [2.75, 3.05) is 20.2 Å². The quantitative estimate of drug-likeness (QED) is 0.354. The van der Waals surface area contributed by atoms with Gasteiger partial charge in [-0.05, 0) is 0 Å². The fraction of sp³-hybridized carbons (Fsp3) is 0.769. The van der Waals surface area contributed by atoms with Crippen LogP contribution in [0.3, 0.4) is 0 Å². The molecule has 0 radical (unpaired) electrons. The zero-order valence-electron chi connectivity index (χ0n) is 20.7. The van der Waals surface area contributed by atoms with Gasteiger partial charge in [-0.25, -0.2) is 0 Å². The van der Waals surface area contributed by atoms with Crippen LogP contribution in [0.4, 0.5) is 0 Å². The third-order valence-electron chi connectivity index (χ3n) is 9.75. The van der Waals surface area contributed by atoms with Crippen LogP contribution in [0.5, 0.6) is 11.5 Å². The standard InChI is InChI=1S/C26H37I3NO4/c1-23(2,3)24(4,32)18-13-26(28-27)19-12-16-8-9-17(31)21-20(16)25(26,22(34-21)29(18)33-5)10-11-30(19)14-15-6-7-15/h8-9,15,18-19,22,31-32H,6-7,10-14H2,1-5H3/q-1/t18-,19-,22-,24+,25+,26+/m1/s1. The van der Waals surface area contributed by atoms with Crippen molar-refractivity contribution in [2.45, 2.75) is 88.3 Å². The predicted molar refractivity (Wildman–Crippen MR) is 147 cm³/mol. The van der Waals surface area contributed by atoms with E-state index in [1.807, 2.05) is 13.2 Å². The number of hydrogen-bond acceptors (Lipinski definition) is 5. The van der Waals surface area contributed by atoms with Crippen molar-refractivity contribution in [2.24, 2.45) is 11.3 Å². The predicted octanol–water partition coefficient (Wildman–Crippen LogP) is 2.20. The Hall–Kier alpha value is 0.890. The molecule has 2 saturated heterocycles. The van der Waals surface area contributed by atoms with Gasteiger partial charge < -0.3 is 0 Å². The second kappa shape index (κ2) is 8.19. The number of piperidine rings is 1. The van der Waals surface area contributed by atoms with E-state index >= 15 is 0 Å². The topological polar surface area (TPSA) is 62.2 Å². The number of phenolic OH excluding ortho intramolecular Hbond substituents is 1. The van der Waals surface area contributed by atoms with Crippen molar-refractivity contribution < 1.29 is 35.2 Å². The van der Waals surface area contributed by atoms with Crippen molar-refractivity contribution in [1.82, 2.24) is 4.90 Å². The SMILES string of the molecule is COI1[C@@H]([C@](C)(O)C(C)(C)C)C[C@]2([I-]I)[C@H]3Cc4ccc(O)c5c4[C@@]2(CCN3CC2CC2)[C@H]1O5. The van der Waals surface area contributed by atoms with E-state index in [1.54, 1.807) is 0 Å². The van der Waals surface area contributed by atoms with Gasteiger partial charge in [-0.3, -0.25) is 0 Å². The molecule has 0 amide bonds. The average molecular weight is 808 g/mol. The van der Waals surface area contributed by atoms with Gasteiger partial charge in [-0.1, -0.05) is 0 Å². The molecule has 3 fully saturated rings. The van der Waals surface area contributed by atoms with Crippen molar-refractivity contribution in [3.63, 3.8) is 0 Å². The first kappa shape index (κ1) is 25.2. The van der Waals surface area contributed by atoms with Crippen LogP contribution in [0.1, 0.15) is 64.5 Å². The first-order valence-electron chi connectivity index (χ1n) is 12.5. The maximum atomic E-state index is 12.1. The molecule has 3 aliphatic heterocycles. The molecule has 1 spiro atoms. The summed E-state index contributed by atoms with van der Waals surface area (Å²) in [5, 5.41) is 23.1. The normalized spacial score (nSPS) is 39.5. The summed E-state index contributed by atoms with van der Waals surface area (Å²) in [6.07, 6.45) is 5.92. The summed E-state index contributed by atoms with van der Waals surface area (Å²) in [5.41, 5.74) is 1.55. The fourth-order valence-corrected chi connectivity index (χ4v) is 24.5. The Labute approximate surface area is 231 Å². The van der Waals surface area contributed by atoms with E-state index in [0.29, 0.717) is 6.04 Å². The molecule has 8 heteroatoms. The number of phenols is 1. The monoisotopic (exact) mass is 808 g/mol. The molecule has 1 aromatic carbocycles. The molecule has 192 valence electrons. The van der Waals surface area contributed by atoms with E-state index in [2.05, 4.69) is 57.3 Å². The van der Waals surface area contributed by atoms with Crippen LogP contribution in [-0.2, 0) is 14.9 Å². The molecular formula is C26H37I3NO4-. The maximum absolute atomic E-state index is 12.1. The summed E-state index contributed by atoms with van der Waals surface area (Å²) >= 11 is 0.256. The van der Waals surface area contributed by atoms with Crippen LogP contribution in [0.25, 0.3) is 0 Å². The van der Waals surface area contributed by atoms with E-state index in [9.17, 15) is 10.2 Å². The Kier molecular flexibility index (Phi) is 6.07. The van der Waals surface area contributed by atoms with E-state index < -0.39 is 25.8 Å². The number of rotatable bonds is 5. The summed E-state index contributed by atoms with van der Waals surface area (Å²) in [6, 6.07) is 4.52. The number of aliphatic hydroxyl groups is 1. The second-order valence-electron chi connectivity index (χ2n) is 12.2. The van der Waals surface area contributed by atoms with Gasteiger partial charge in [-0.15, -0.1) is 0 Å². The van der Waals surface area contributed by atoms with Crippen molar-refractivity contribution in [1.29, 1.82) is 0 Å². The van der Waals surface area contributed by atoms with E-state index in [-0.39, 0.29) is 45.3 Å². The minimum absolute atomic E-state index is 0.0170. The summed E-state index contributed by atoms with van der Waals surface area (Å²) in [6.45, 7) is 10.9. The van der Waals surface area contributed by atoms with E-state index in [1.165, 1.54) is 30.5 Å². The number of nitrogens with zero attached hydrogens (tertiary/aromatic N) is 1. The third kappa shape index (κ3) is 3.16. The molecule has 2 N–H and O–H groups in total. The Morgan fingerprint density at radius 3 is 2.65 bits per heavy atom. The van der Waals surface area contributed by atoms with Crippen LogP contribution >= 0.6 is 38.9 Å². The van der Waals surface area contributed by atoms with Crippen molar-refractivity contribution >= 4 is 38.9 Å². The number of alkyl halides is 3. The fourth-order valence-electron chi connectivity index (χ4n) is 7.19. The van der Waals surface area contributed by atoms with Crippen LogP contribution in [-0.4, -0.2) is 58.4 Å². The number of hydrogen-bond donors (Lipinski definition) is 2. The minimum atomic E-state index is -2.28. The molecular weight excluding hydrogens is 771 g/mol. The molecule has 0 aromatic heterocycles. The summed E-state index contributed by atoms with van der Waals surface area (Å²) < 4.78 is 13.5. The van der Waals surface area contributed by atoms with Crippen LogP contribution in [0, 0.1) is 11.3 Å². The molecule has 2 bridgehead atoms. The zero-order valence-corrected chi connectivity index (χ0v) is 27.2. The molecule has 6 rings (SSSR count). The van der Waals surface area contributed by atoms with Gasteiger partial charge in [0, 0.05) is 0 Å². The molecule has 1 saturated carbocycles. The summed E-state index contributed by atoms with van der Waals surface area (Å²) in [7, 11) is 1.86. The van der Waals surface area contributed by atoms with Gasteiger partial charge in [-0.2, -0.15) is 0 Å². The van der Waals surface area contributed by atoms with Crippen LogP contribution < -0.4 is 22.0 Å². The zero-order chi connectivity index (χ0) is 24.3. The number of aromatic hydroxyl groups is 1. The van der Waals surface area contributed by atoms with Gasteiger partial charge in [0.2, 0.25) is 0 Å². The third-order valence-corrected chi connectivity index (χ3v) is 24.1. The number of likely N-dealkylation sites (tertiary alicyclic amines) is 1. The van der Waals surface area contributed by atoms with Crippen LogP contribution in [0.15, 0.2) is 12.1 Å². The van der Waals surface area contributed by atoms with E-state index in [4.69, 9.17) is 7.80 Å². The number of halogens is 3. The molecule has 34 heavy (non-hydrogen) atoms. The molecule has 1 aromatic rings. The van der Waals surface area contributed by atoms with Crippen molar-refractivity contribution in [3.05, 3.63) is 23.3 Å². The molecule has 3 heterocycles. The Morgan fingerprint density at radius 2 is 2.03 bits per heavy atom. The molecule has 5 nitrogen and oxygen atoms in total. The van der Waals surface area contributed by atoms with Crippen molar-refractivity contribution in [3.8, 4) is 11.5 Å². The first-order chi connectivity index (χ1) is 16.0. The molecule has 2 aliphatic carbocycles. The molecule has 0 unspecified atom stereocenters.